The minimum atomic E-state index is -4.34. The van der Waals surface area contributed by atoms with Gasteiger partial charge in [-0.1, -0.05) is 18.2 Å². The number of hydrogen-bond acceptors (Lipinski definition) is 3. The molecule has 0 aromatic heterocycles. The monoisotopic (exact) mass is 332 g/mol. The molecule has 1 saturated heterocycles. The van der Waals surface area contributed by atoms with E-state index in [9.17, 15) is 18.0 Å². The molecule has 0 saturated carbocycles. The first-order chi connectivity index (χ1) is 10.3. The molecule has 1 aromatic carbocycles. The fraction of sp³-hybridized carbons (Fsp3) is 0.533. The molecule has 0 spiro atoms. The van der Waals surface area contributed by atoms with Crippen LogP contribution in [0.5, 0.6) is 0 Å². The third-order valence-corrected chi connectivity index (χ3v) is 4.62. The fourth-order valence-electron chi connectivity index (χ4n) is 2.72. The highest BCUT2D eigenvalue weighted by atomic mass is 32.2. The van der Waals surface area contributed by atoms with Gasteiger partial charge in [-0.05, 0) is 31.4 Å². The lowest BCUT2D eigenvalue weighted by atomic mass is 10.1. The molecular formula is C15H19F3N2OS. The van der Waals surface area contributed by atoms with Gasteiger partial charge in [0.1, 0.15) is 6.54 Å². The average Bonchev–Trinajstić information content (AvgIpc) is 2.79. The Kier molecular flexibility index (Phi) is 5.39. The van der Waals surface area contributed by atoms with Crippen molar-refractivity contribution < 1.29 is 18.0 Å². The molecule has 2 rings (SSSR count). The number of benzene rings is 1. The predicted molar refractivity (Wildman–Crippen MR) is 80.7 cm³/mol. The summed E-state index contributed by atoms with van der Waals surface area (Å²) in [4.78, 5) is 16.0. The highest BCUT2D eigenvalue weighted by molar-refractivity contribution is 7.98. The summed E-state index contributed by atoms with van der Waals surface area (Å²) >= 11 is 1.62. The first-order valence-corrected chi connectivity index (χ1v) is 8.22. The predicted octanol–water partition coefficient (Wildman–Crippen LogP) is 3.00. The molecule has 3 nitrogen and oxygen atoms in total. The van der Waals surface area contributed by atoms with Crippen LogP contribution >= 0.6 is 11.8 Å². The topological polar surface area (TPSA) is 23.6 Å². The van der Waals surface area contributed by atoms with Crippen LogP contribution < -0.4 is 0 Å². The van der Waals surface area contributed by atoms with Crippen LogP contribution in [0.2, 0.25) is 0 Å². The molecule has 1 aromatic rings. The minimum Gasteiger partial charge on any atom is -0.332 e. The second kappa shape index (κ2) is 6.91. The SMILES string of the molecule is CSc1ccccc1CN(C)C1CCN(CC(F)(F)F)C1=O. The number of nitrogens with zero attached hydrogens (tertiary/aromatic N) is 2. The highest BCUT2D eigenvalue weighted by Crippen LogP contribution is 2.26. The van der Waals surface area contributed by atoms with E-state index in [2.05, 4.69) is 0 Å². The summed E-state index contributed by atoms with van der Waals surface area (Å²) < 4.78 is 37.3. The number of likely N-dealkylation sites (tertiary alicyclic amines) is 1. The van der Waals surface area contributed by atoms with Crippen LogP contribution in [0.15, 0.2) is 29.2 Å². The number of amides is 1. The van der Waals surface area contributed by atoms with E-state index in [4.69, 9.17) is 0 Å². The molecule has 1 atom stereocenters. The second-order valence-corrected chi connectivity index (χ2v) is 6.25. The number of halogens is 3. The molecule has 1 aliphatic rings. The van der Waals surface area contributed by atoms with E-state index in [1.54, 1.807) is 18.8 Å². The van der Waals surface area contributed by atoms with Gasteiger partial charge in [0, 0.05) is 18.0 Å². The summed E-state index contributed by atoms with van der Waals surface area (Å²) in [5, 5.41) is 0. The molecule has 0 bridgehead atoms. The third-order valence-electron chi connectivity index (χ3n) is 3.78. The summed E-state index contributed by atoms with van der Waals surface area (Å²) in [6.07, 6.45) is -1.92. The Morgan fingerprint density at radius 3 is 2.68 bits per heavy atom. The van der Waals surface area contributed by atoms with Gasteiger partial charge in [0.25, 0.3) is 0 Å². The molecule has 7 heteroatoms. The van der Waals surface area contributed by atoms with Crippen molar-refractivity contribution in [3.05, 3.63) is 29.8 Å². The largest absolute Gasteiger partial charge is 0.406 e. The van der Waals surface area contributed by atoms with E-state index < -0.39 is 24.7 Å². The van der Waals surface area contributed by atoms with Crippen molar-refractivity contribution in [1.82, 2.24) is 9.80 Å². The number of carbonyl (C=O) groups is 1. The van der Waals surface area contributed by atoms with Gasteiger partial charge in [0.15, 0.2) is 0 Å². The number of rotatable bonds is 5. The van der Waals surface area contributed by atoms with Gasteiger partial charge in [-0.3, -0.25) is 9.69 Å². The van der Waals surface area contributed by atoms with Gasteiger partial charge in [-0.15, -0.1) is 11.8 Å². The molecule has 1 fully saturated rings. The summed E-state index contributed by atoms with van der Waals surface area (Å²) in [6, 6.07) is 7.38. The Hall–Kier alpha value is -1.21. The lowest BCUT2D eigenvalue weighted by Crippen LogP contribution is -2.42. The molecule has 122 valence electrons. The summed E-state index contributed by atoms with van der Waals surface area (Å²) in [5.74, 6) is -0.429. The average molecular weight is 332 g/mol. The van der Waals surface area contributed by atoms with Crippen molar-refractivity contribution >= 4 is 17.7 Å². The summed E-state index contributed by atoms with van der Waals surface area (Å²) in [6.45, 7) is -0.442. The number of carbonyl (C=O) groups excluding carboxylic acids is 1. The van der Waals surface area contributed by atoms with Gasteiger partial charge in [0.2, 0.25) is 5.91 Å². The lowest BCUT2D eigenvalue weighted by molar-refractivity contribution is -0.159. The van der Waals surface area contributed by atoms with Crippen LogP contribution in [0.3, 0.4) is 0 Å². The maximum Gasteiger partial charge on any atom is 0.406 e. The van der Waals surface area contributed by atoms with E-state index >= 15 is 0 Å². The van der Waals surface area contributed by atoms with E-state index in [1.165, 1.54) is 0 Å². The maximum absolute atomic E-state index is 12.4. The van der Waals surface area contributed by atoms with E-state index in [0.29, 0.717) is 13.0 Å². The van der Waals surface area contributed by atoms with Crippen LogP contribution in [0.1, 0.15) is 12.0 Å². The van der Waals surface area contributed by atoms with Crippen molar-refractivity contribution in [2.24, 2.45) is 0 Å². The van der Waals surface area contributed by atoms with Crippen molar-refractivity contribution in [2.75, 3.05) is 26.4 Å². The van der Waals surface area contributed by atoms with E-state index in [-0.39, 0.29) is 6.54 Å². The fourth-order valence-corrected chi connectivity index (χ4v) is 3.33. The normalized spacial score (nSPS) is 19.3. The molecule has 0 N–H and O–H groups in total. The second-order valence-electron chi connectivity index (χ2n) is 5.41. The highest BCUT2D eigenvalue weighted by Gasteiger charge is 2.40. The van der Waals surface area contributed by atoms with Crippen molar-refractivity contribution in [3.8, 4) is 0 Å². The van der Waals surface area contributed by atoms with Crippen molar-refractivity contribution in [1.29, 1.82) is 0 Å². The molecular weight excluding hydrogens is 313 g/mol. The molecule has 22 heavy (non-hydrogen) atoms. The number of hydrogen-bond donors (Lipinski definition) is 0. The zero-order chi connectivity index (χ0) is 16.3. The Morgan fingerprint density at radius 2 is 2.05 bits per heavy atom. The third kappa shape index (κ3) is 4.16. The molecule has 1 amide bonds. The van der Waals surface area contributed by atoms with Crippen LogP contribution in [0.25, 0.3) is 0 Å². The van der Waals surface area contributed by atoms with Gasteiger partial charge >= 0.3 is 6.18 Å². The zero-order valence-electron chi connectivity index (χ0n) is 12.6. The van der Waals surface area contributed by atoms with Gasteiger partial charge in [-0.25, -0.2) is 0 Å². The first kappa shape index (κ1) is 17.1. The number of alkyl halides is 3. The molecule has 1 unspecified atom stereocenters. The number of thioether (sulfide) groups is 1. The van der Waals surface area contributed by atoms with E-state index in [1.807, 2.05) is 35.4 Å². The minimum absolute atomic E-state index is 0.164. The Bertz CT molecular complexity index is 536. The van der Waals surface area contributed by atoms with Gasteiger partial charge in [-0.2, -0.15) is 13.2 Å². The Morgan fingerprint density at radius 1 is 1.36 bits per heavy atom. The maximum atomic E-state index is 12.4. The van der Waals surface area contributed by atoms with Crippen LogP contribution in [0.4, 0.5) is 13.2 Å². The standard InChI is InChI=1S/C15H19F3N2OS/c1-19(9-11-5-3-4-6-13(11)22-2)12-7-8-20(14(12)21)10-15(16,17)18/h3-6,12H,7-10H2,1-2H3. The quantitative estimate of drug-likeness (QED) is 0.775. The smallest absolute Gasteiger partial charge is 0.332 e. The zero-order valence-corrected chi connectivity index (χ0v) is 13.4. The lowest BCUT2D eigenvalue weighted by Gasteiger charge is -2.25. The van der Waals surface area contributed by atoms with Crippen LogP contribution in [-0.4, -0.2) is 54.3 Å². The summed E-state index contributed by atoms with van der Waals surface area (Å²) in [5.41, 5.74) is 1.08. The van der Waals surface area contributed by atoms with Gasteiger partial charge < -0.3 is 4.90 Å². The van der Waals surface area contributed by atoms with Crippen LogP contribution in [0, 0.1) is 0 Å². The van der Waals surface area contributed by atoms with Crippen LogP contribution in [-0.2, 0) is 11.3 Å². The Balaban J connectivity index is 2.02. The van der Waals surface area contributed by atoms with Crippen molar-refractivity contribution in [3.63, 3.8) is 0 Å². The van der Waals surface area contributed by atoms with Gasteiger partial charge in [0.05, 0.1) is 6.04 Å². The van der Waals surface area contributed by atoms with Crippen molar-refractivity contribution in [2.45, 2.75) is 30.1 Å². The first-order valence-electron chi connectivity index (χ1n) is 6.99. The van der Waals surface area contributed by atoms with E-state index in [0.717, 1.165) is 15.4 Å². The number of likely N-dealkylation sites (N-methyl/N-ethyl adjacent to an activating group) is 1. The molecule has 0 aliphatic carbocycles. The Labute approximate surface area is 132 Å². The molecule has 1 aliphatic heterocycles. The molecule has 0 radical (unpaired) electrons. The summed E-state index contributed by atoms with van der Waals surface area (Å²) in [7, 11) is 1.79. The molecule has 1 heterocycles.